The van der Waals surface area contributed by atoms with E-state index in [1.807, 2.05) is 37.4 Å². The molecule has 3 aromatic heterocycles. The quantitative estimate of drug-likeness (QED) is 0.324. The zero-order valence-electron chi connectivity index (χ0n) is 20.5. The number of nitrogens with one attached hydrogen (secondary N) is 2. The number of aryl methyl sites for hydroxylation is 1. The number of carbonyl (C=O) groups is 1. The number of morpholine rings is 1. The maximum Gasteiger partial charge on any atom is 0.261 e. The fraction of sp³-hybridized carbons (Fsp3) is 0.333. The van der Waals surface area contributed by atoms with Gasteiger partial charge in [0, 0.05) is 37.9 Å². The fourth-order valence-corrected chi connectivity index (χ4v) is 5.50. The van der Waals surface area contributed by atoms with E-state index in [4.69, 9.17) is 19.8 Å². The second-order valence-electron chi connectivity index (χ2n) is 8.71. The fourth-order valence-electron chi connectivity index (χ4n) is 4.00. The number of nitrogens with zero attached hydrogens (tertiary/aromatic N) is 5. The molecule has 2 N–H and O–H groups in total. The predicted octanol–water partition coefficient (Wildman–Crippen LogP) is 1.97. The number of thiophene rings is 1. The summed E-state index contributed by atoms with van der Waals surface area (Å²) < 4.78 is 32.8. The smallest absolute Gasteiger partial charge is 0.261 e. The molecule has 1 aromatic carbocycles. The number of fused-ring (bicyclic) bond motifs is 1. The first-order valence-electron chi connectivity index (χ1n) is 11.8. The van der Waals surface area contributed by atoms with Crippen molar-refractivity contribution < 1.29 is 17.9 Å². The highest BCUT2D eigenvalue weighted by molar-refractivity contribution is 7.88. The van der Waals surface area contributed by atoms with Crippen LogP contribution in [0.3, 0.4) is 0 Å². The first-order chi connectivity index (χ1) is 17.8. The molecule has 1 aliphatic rings. The lowest BCUT2D eigenvalue weighted by Gasteiger charge is -2.28. The summed E-state index contributed by atoms with van der Waals surface area (Å²) in [7, 11) is -3.32. The topological polar surface area (TPSA) is 131 Å². The van der Waals surface area contributed by atoms with E-state index in [1.54, 1.807) is 10.7 Å². The van der Waals surface area contributed by atoms with Gasteiger partial charge >= 0.3 is 0 Å². The predicted molar refractivity (Wildman–Crippen MR) is 143 cm³/mol. The third kappa shape index (κ3) is 5.96. The Labute approximate surface area is 218 Å². The molecule has 13 heteroatoms. The van der Waals surface area contributed by atoms with Gasteiger partial charge in [-0.2, -0.15) is 10.1 Å². The summed E-state index contributed by atoms with van der Waals surface area (Å²) in [4.78, 5) is 25.0. The summed E-state index contributed by atoms with van der Waals surface area (Å²) in [6.45, 7) is 4.85. The highest BCUT2D eigenvalue weighted by Crippen LogP contribution is 2.33. The maximum atomic E-state index is 12.8. The molecule has 0 saturated carbocycles. The van der Waals surface area contributed by atoms with Crippen LogP contribution >= 0.6 is 11.3 Å². The van der Waals surface area contributed by atoms with Crippen LogP contribution in [0.25, 0.3) is 27.4 Å². The summed E-state index contributed by atoms with van der Waals surface area (Å²) in [5.74, 6) is 0.849. The first-order valence-corrected chi connectivity index (χ1v) is 14.5. The van der Waals surface area contributed by atoms with Crippen LogP contribution in [0, 0.1) is 6.92 Å². The van der Waals surface area contributed by atoms with Gasteiger partial charge < -0.3 is 15.0 Å². The molecule has 1 saturated heterocycles. The van der Waals surface area contributed by atoms with Crippen LogP contribution in [0.2, 0.25) is 0 Å². The SMILES string of the molecule is Cc1cccc(-c2ccn(-c3nc(N4CCOCC4)c4sc(C(=O)NCCNS(C)(=O)=O)cc4n3)n2)c1. The Bertz CT molecular complexity index is 1540. The van der Waals surface area contributed by atoms with Crippen molar-refractivity contribution in [3.8, 4) is 17.2 Å². The molecule has 5 rings (SSSR count). The van der Waals surface area contributed by atoms with Crippen molar-refractivity contribution in [3.05, 3.63) is 53.0 Å². The Hall–Kier alpha value is -3.39. The van der Waals surface area contributed by atoms with Crippen molar-refractivity contribution in [1.82, 2.24) is 29.8 Å². The minimum absolute atomic E-state index is 0.112. The zero-order valence-corrected chi connectivity index (χ0v) is 22.1. The first kappa shape index (κ1) is 25.3. The van der Waals surface area contributed by atoms with Crippen LogP contribution in [0.15, 0.2) is 42.6 Å². The van der Waals surface area contributed by atoms with Crippen molar-refractivity contribution >= 4 is 43.3 Å². The standard InChI is InChI=1S/C24H27N7O4S2/c1-16-4-3-5-17(14-16)18-6-9-31(29-18)24-27-19-15-20(23(32)25-7-8-26-37(2,33)34)36-21(19)22(28-24)30-10-12-35-13-11-30/h3-6,9,14-15,26H,7-8,10-13H2,1-2H3,(H,25,32). The van der Waals surface area contributed by atoms with Crippen LogP contribution in [0.4, 0.5) is 5.82 Å². The van der Waals surface area contributed by atoms with Gasteiger partial charge in [0.05, 0.1) is 40.3 Å². The average Bonchev–Trinajstić information content (AvgIpc) is 3.54. The average molecular weight is 542 g/mol. The number of carbonyl (C=O) groups excluding carboxylic acids is 1. The number of sulfonamides is 1. The molecule has 194 valence electrons. The number of anilines is 1. The number of rotatable bonds is 8. The molecule has 4 heterocycles. The van der Waals surface area contributed by atoms with Crippen LogP contribution in [-0.2, 0) is 14.8 Å². The van der Waals surface area contributed by atoms with Gasteiger partial charge in [0.1, 0.15) is 0 Å². The molecule has 1 fully saturated rings. The van der Waals surface area contributed by atoms with E-state index in [-0.39, 0.29) is 19.0 Å². The van der Waals surface area contributed by atoms with E-state index in [1.165, 1.54) is 11.3 Å². The number of hydrogen-bond acceptors (Lipinski definition) is 9. The molecular weight excluding hydrogens is 514 g/mol. The monoisotopic (exact) mass is 541 g/mol. The van der Waals surface area contributed by atoms with Crippen LogP contribution in [0.5, 0.6) is 0 Å². The number of amides is 1. The zero-order chi connectivity index (χ0) is 26.0. The molecule has 0 radical (unpaired) electrons. The van der Waals surface area contributed by atoms with Crippen molar-refractivity contribution in [1.29, 1.82) is 0 Å². The second kappa shape index (κ2) is 10.5. The Morgan fingerprint density at radius 3 is 2.70 bits per heavy atom. The lowest BCUT2D eigenvalue weighted by molar-refractivity contribution is 0.0958. The van der Waals surface area contributed by atoms with E-state index in [0.29, 0.717) is 42.6 Å². The Morgan fingerprint density at radius 1 is 1.14 bits per heavy atom. The Morgan fingerprint density at radius 2 is 1.95 bits per heavy atom. The Balaban J connectivity index is 1.47. The molecule has 11 nitrogen and oxygen atoms in total. The lowest BCUT2D eigenvalue weighted by Crippen LogP contribution is -2.37. The van der Waals surface area contributed by atoms with E-state index < -0.39 is 10.0 Å². The second-order valence-corrected chi connectivity index (χ2v) is 11.6. The molecular formula is C24H27N7O4S2. The van der Waals surface area contributed by atoms with E-state index in [0.717, 1.165) is 33.6 Å². The van der Waals surface area contributed by atoms with Crippen LogP contribution in [-0.4, -0.2) is 79.7 Å². The summed E-state index contributed by atoms with van der Waals surface area (Å²) in [6, 6.07) is 11.8. The van der Waals surface area contributed by atoms with Crippen LogP contribution in [0.1, 0.15) is 15.2 Å². The summed E-state index contributed by atoms with van der Waals surface area (Å²) in [5, 5.41) is 7.46. The van der Waals surface area contributed by atoms with Gasteiger partial charge in [-0.05, 0) is 25.1 Å². The summed E-state index contributed by atoms with van der Waals surface area (Å²) in [5.41, 5.74) is 3.61. The van der Waals surface area contributed by atoms with Gasteiger partial charge in [0.25, 0.3) is 11.9 Å². The molecule has 1 amide bonds. The highest BCUT2D eigenvalue weighted by atomic mass is 32.2. The van der Waals surface area contributed by atoms with Gasteiger partial charge in [0.15, 0.2) is 5.82 Å². The normalized spacial score (nSPS) is 14.3. The maximum absolute atomic E-state index is 12.8. The van der Waals surface area contributed by atoms with Crippen molar-refractivity contribution in [2.24, 2.45) is 0 Å². The molecule has 0 atom stereocenters. The molecule has 0 spiro atoms. The minimum atomic E-state index is -3.32. The van der Waals surface area contributed by atoms with Crippen molar-refractivity contribution in [3.63, 3.8) is 0 Å². The van der Waals surface area contributed by atoms with Gasteiger partial charge in [-0.25, -0.2) is 22.8 Å². The van der Waals surface area contributed by atoms with E-state index >= 15 is 0 Å². The van der Waals surface area contributed by atoms with E-state index in [2.05, 4.69) is 21.0 Å². The lowest BCUT2D eigenvalue weighted by atomic mass is 10.1. The number of aromatic nitrogens is 4. The number of hydrogen-bond donors (Lipinski definition) is 2. The Kier molecular flexibility index (Phi) is 7.20. The number of ether oxygens (including phenoxy) is 1. The van der Waals surface area contributed by atoms with Gasteiger partial charge in [-0.15, -0.1) is 11.3 Å². The molecule has 4 aromatic rings. The molecule has 1 aliphatic heterocycles. The van der Waals surface area contributed by atoms with Crippen molar-refractivity contribution in [2.45, 2.75) is 6.92 Å². The van der Waals surface area contributed by atoms with E-state index in [9.17, 15) is 13.2 Å². The van der Waals surface area contributed by atoms with Gasteiger partial charge in [-0.1, -0.05) is 23.8 Å². The van der Waals surface area contributed by atoms with Gasteiger partial charge in [-0.3, -0.25) is 4.79 Å². The minimum Gasteiger partial charge on any atom is -0.378 e. The highest BCUT2D eigenvalue weighted by Gasteiger charge is 2.22. The largest absolute Gasteiger partial charge is 0.378 e. The molecule has 0 bridgehead atoms. The number of benzene rings is 1. The summed E-state index contributed by atoms with van der Waals surface area (Å²) in [6.07, 6.45) is 2.91. The molecule has 37 heavy (non-hydrogen) atoms. The third-order valence-electron chi connectivity index (χ3n) is 5.76. The van der Waals surface area contributed by atoms with Crippen molar-refractivity contribution in [2.75, 3.05) is 50.5 Å². The van der Waals surface area contributed by atoms with Gasteiger partial charge in [0.2, 0.25) is 10.0 Å². The summed E-state index contributed by atoms with van der Waals surface area (Å²) >= 11 is 1.31. The molecule has 0 unspecified atom stereocenters. The van der Waals surface area contributed by atoms with Crippen LogP contribution < -0.4 is 14.9 Å². The third-order valence-corrected chi connectivity index (χ3v) is 7.61. The molecule has 0 aliphatic carbocycles.